The van der Waals surface area contributed by atoms with E-state index in [1.807, 2.05) is 11.0 Å². The second-order valence-corrected chi connectivity index (χ2v) is 8.21. The van der Waals surface area contributed by atoms with E-state index in [9.17, 15) is 14.9 Å². The highest BCUT2D eigenvalue weighted by Gasteiger charge is 2.21. The van der Waals surface area contributed by atoms with Crippen molar-refractivity contribution < 1.29 is 9.72 Å². The van der Waals surface area contributed by atoms with Crippen molar-refractivity contribution in [2.75, 3.05) is 26.2 Å². The molecule has 0 radical (unpaired) electrons. The summed E-state index contributed by atoms with van der Waals surface area (Å²) in [6.45, 7) is 3.92. The lowest BCUT2D eigenvalue weighted by atomic mass is 10.1. The van der Waals surface area contributed by atoms with Crippen LogP contribution in [0.3, 0.4) is 0 Å². The molecule has 0 atom stereocenters. The van der Waals surface area contributed by atoms with Gasteiger partial charge in [0, 0.05) is 53.8 Å². The molecule has 1 amide bonds. The summed E-state index contributed by atoms with van der Waals surface area (Å²) in [5, 5.41) is 10.7. The molecule has 27 heavy (non-hydrogen) atoms. The van der Waals surface area contributed by atoms with Crippen molar-refractivity contribution in [3.8, 4) is 0 Å². The van der Waals surface area contributed by atoms with E-state index in [1.54, 1.807) is 12.1 Å². The summed E-state index contributed by atoms with van der Waals surface area (Å²) in [4.78, 5) is 27.0. The van der Waals surface area contributed by atoms with E-state index in [0.29, 0.717) is 13.1 Å². The van der Waals surface area contributed by atoms with Gasteiger partial charge in [0.15, 0.2) is 0 Å². The molecule has 1 fully saturated rings. The number of benzene rings is 2. The van der Waals surface area contributed by atoms with E-state index in [-0.39, 0.29) is 18.0 Å². The Bertz CT molecular complexity index is 835. The topological polar surface area (TPSA) is 66.7 Å². The number of non-ortho nitro benzene ring substituents is 1. The molecular weight excluding hydrogens is 478 g/mol. The number of amides is 1. The van der Waals surface area contributed by atoms with E-state index < -0.39 is 4.92 Å². The second kappa shape index (κ2) is 8.95. The number of hydrogen-bond acceptors (Lipinski definition) is 4. The van der Waals surface area contributed by atoms with Gasteiger partial charge in [0.05, 0.1) is 11.3 Å². The third-order valence-corrected chi connectivity index (χ3v) is 6.50. The van der Waals surface area contributed by atoms with Crippen molar-refractivity contribution in [2.24, 2.45) is 0 Å². The third-order valence-electron chi connectivity index (χ3n) is 4.62. The minimum absolute atomic E-state index is 0.0411. The van der Waals surface area contributed by atoms with Crippen LogP contribution in [-0.2, 0) is 17.8 Å². The van der Waals surface area contributed by atoms with E-state index in [2.05, 4.69) is 48.9 Å². The average Bonchev–Trinajstić information content (AvgIpc) is 2.66. The zero-order valence-electron chi connectivity index (χ0n) is 14.6. The summed E-state index contributed by atoms with van der Waals surface area (Å²) in [5.74, 6) is 0.0647. The number of carbonyl (C=O) groups excluding carboxylic acids is 1. The van der Waals surface area contributed by atoms with Crippen LogP contribution < -0.4 is 0 Å². The molecule has 0 aromatic heterocycles. The van der Waals surface area contributed by atoms with Crippen LogP contribution in [0.2, 0.25) is 0 Å². The zero-order chi connectivity index (χ0) is 19.4. The predicted molar refractivity (Wildman–Crippen MR) is 110 cm³/mol. The number of nitro groups is 1. The molecule has 2 aromatic carbocycles. The van der Waals surface area contributed by atoms with Crippen LogP contribution in [0.5, 0.6) is 0 Å². The molecule has 0 N–H and O–H groups in total. The molecule has 142 valence electrons. The average molecular weight is 497 g/mol. The van der Waals surface area contributed by atoms with Gasteiger partial charge in [-0.1, -0.05) is 18.2 Å². The van der Waals surface area contributed by atoms with Gasteiger partial charge in [0.25, 0.3) is 5.69 Å². The first-order valence-electron chi connectivity index (χ1n) is 8.60. The maximum atomic E-state index is 12.5. The van der Waals surface area contributed by atoms with Crippen LogP contribution in [0.25, 0.3) is 0 Å². The fourth-order valence-corrected chi connectivity index (χ4v) is 3.75. The van der Waals surface area contributed by atoms with Gasteiger partial charge in [-0.15, -0.1) is 0 Å². The first kappa shape index (κ1) is 20.0. The van der Waals surface area contributed by atoms with Crippen LogP contribution in [0.4, 0.5) is 5.69 Å². The lowest BCUT2D eigenvalue weighted by Crippen LogP contribution is -2.48. The molecule has 8 heteroatoms. The summed E-state index contributed by atoms with van der Waals surface area (Å²) >= 11 is 7.01. The molecular formula is C19H19Br2N3O3. The third kappa shape index (κ3) is 5.37. The molecule has 3 rings (SSSR count). The minimum Gasteiger partial charge on any atom is -0.340 e. The summed E-state index contributed by atoms with van der Waals surface area (Å²) in [6.07, 6.45) is 0.275. The van der Waals surface area contributed by atoms with Gasteiger partial charge in [0.2, 0.25) is 5.91 Å². The molecule has 0 saturated carbocycles. The number of rotatable bonds is 5. The number of nitro benzene ring substituents is 1. The van der Waals surface area contributed by atoms with Crippen LogP contribution in [0, 0.1) is 10.1 Å². The van der Waals surface area contributed by atoms with Crippen molar-refractivity contribution in [2.45, 2.75) is 13.0 Å². The van der Waals surface area contributed by atoms with E-state index in [0.717, 1.165) is 34.1 Å². The van der Waals surface area contributed by atoms with Crippen LogP contribution in [-0.4, -0.2) is 46.8 Å². The van der Waals surface area contributed by atoms with Gasteiger partial charge in [-0.25, -0.2) is 0 Å². The molecule has 0 unspecified atom stereocenters. The first-order chi connectivity index (χ1) is 12.9. The van der Waals surface area contributed by atoms with Gasteiger partial charge < -0.3 is 4.90 Å². The number of piperazine rings is 1. The normalized spacial score (nSPS) is 15.0. The zero-order valence-corrected chi connectivity index (χ0v) is 17.8. The van der Waals surface area contributed by atoms with E-state index in [4.69, 9.17) is 0 Å². The highest BCUT2D eigenvalue weighted by atomic mass is 79.9. The number of hydrogen-bond donors (Lipinski definition) is 0. The Morgan fingerprint density at radius 2 is 1.59 bits per heavy atom. The maximum Gasteiger partial charge on any atom is 0.269 e. The Morgan fingerprint density at radius 3 is 2.19 bits per heavy atom. The molecule has 0 bridgehead atoms. The maximum absolute atomic E-state index is 12.5. The van der Waals surface area contributed by atoms with Crippen molar-refractivity contribution in [3.05, 3.63) is 72.7 Å². The van der Waals surface area contributed by atoms with Gasteiger partial charge in [-0.05, 0) is 55.1 Å². The van der Waals surface area contributed by atoms with Crippen molar-refractivity contribution >= 4 is 43.5 Å². The fourth-order valence-electron chi connectivity index (χ4n) is 3.07. The molecule has 1 aliphatic heterocycles. The summed E-state index contributed by atoms with van der Waals surface area (Å²) in [5.41, 5.74) is 2.07. The highest BCUT2D eigenvalue weighted by Crippen LogP contribution is 2.24. The van der Waals surface area contributed by atoms with Crippen LogP contribution in [0.1, 0.15) is 11.1 Å². The fraction of sp³-hybridized carbons (Fsp3) is 0.316. The highest BCUT2D eigenvalue weighted by molar-refractivity contribution is 9.13. The quantitative estimate of drug-likeness (QED) is 0.463. The first-order valence-corrected chi connectivity index (χ1v) is 10.2. The Kier molecular flexibility index (Phi) is 6.62. The lowest BCUT2D eigenvalue weighted by molar-refractivity contribution is -0.384. The number of halogens is 2. The summed E-state index contributed by atoms with van der Waals surface area (Å²) < 4.78 is 2.07. The molecule has 1 heterocycles. The van der Waals surface area contributed by atoms with E-state index >= 15 is 0 Å². The van der Waals surface area contributed by atoms with Gasteiger partial charge in [0.1, 0.15) is 0 Å². The Balaban J connectivity index is 1.50. The summed E-state index contributed by atoms with van der Waals surface area (Å²) in [7, 11) is 0. The van der Waals surface area contributed by atoms with Gasteiger partial charge in [-0.3, -0.25) is 19.8 Å². The monoisotopic (exact) mass is 495 g/mol. The molecule has 0 spiro atoms. The number of nitrogens with zero attached hydrogens (tertiary/aromatic N) is 3. The molecule has 0 aliphatic carbocycles. The predicted octanol–water partition coefficient (Wildman–Crippen LogP) is 4.01. The second-order valence-electron chi connectivity index (χ2n) is 6.51. The van der Waals surface area contributed by atoms with Crippen molar-refractivity contribution in [3.63, 3.8) is 0 Å². The molecule has 1 aliphatic rings. The molecule has 1 saturated heterocycles. The largest absolute Gasteiger partial charge is 0.340 e. The Hall–Kier alpha value is -1.77. The standard InChI is InChI=1S/C19H19Br2N3O3/c20-17-6-3-15(11-18(17)21)13-22-7-9-23(10-8-22)19(25)12-14-1-4-16(5-2-14)24(26)27/h1-6,11H,7-10,12-13H2. The molecule has 2 aromatic rings. The van der Waals surface area contributed by atoms with Crippen molar-refractivity contribution in [1.82, 2.24) is 9.80 Å². The van der Waals surface area contributed by atoms with Gasteiger partial charge >= 0.3 is 0 Å². The minimum atomic E-state index is -0.436. The Labute approximate surface area is 174 Å². The van der Waals surface area contributed by atoms with Crippen LogP contribution >= 0.6 is 31.9 Å². The Morgan fingerprint density at radius 1 is 0.963 bits per heavy atom. The van der Waals surface area contributed by atoms with Gasteiger partial charge in [-0.2, -0.15) is 0 Å². The summed E-state index contributed by atoms with van der Waals surface area (Å²) in [6, 6.07) is 12.4. The van der Waals surface area contributed by atoms with Crippen molar-refractivity contribution in [1.29, 1.82) is 0 Å². The van der Waals surface area contributed by atoms with Crippen LogP contribution in [0.15, 0.2) is 51.4 Å². The number of carbonyl (C=O) groups is 1. The smallest absolute Gasteiger partial charge is 0.269 e. The molecule has 6 nitrogen and oxygen atoms in total. The lowest BCUT2D eigenvalue weighted by Gasteiger charge is -2.35. The SMILES string of the molecule is O=C(Cc1ccc([N+](=O)[O-])cc1)N1CCN(Cc2ccc(Br)c(Br)c2)CC1. The van der Waals surface area contributed by atoms with E-state index in [1.165, 1.54) is 17.7 Å².